The summed E-state index contributed by atoms with van der Waals surface area (Å²) >= 11 is 1.74. The lowest BCUT2D eigenvalue weighted by Gasteiger charge is -2.47. The number of likely N-dealkylation sites (N-methyl/N-ethyl adjacent to an activating group) is 1. The lowest BCUT2D eigenvalue weighted by Crippen LogP contribution is -2.56. The molecule has 1 saturated carbocycles. The number of thiazole rings is 1. The largest absolute Gasteiger partial charge is 0.309 e. The molecule has 1 aromatic heterocycles. The fourth-order valence-electron chi connectivity index (χ4n) is 2.90. The topological polar surface area (TPSA) is 28.2 Å². The van der Waals surface area contributed by atoms with Crippen LogP contribution in [0.3, 0.4) is 0 Å². The monoisotopic (exact) mass is 301 g/mol. The van der Waals surface area contributed by atoms with Crippen LogP contribution < -0.4 is 5.32 Å². The first-order chi connectivity index (χ1) is 10.2. The molecule has 1 heterocycles. The van der Waals surface area contributed by atoms with Gasteiger partial charge in [-0.3, -0.25) is 0 Å². The van der Waals surface area contributed by atoms with E-state index in [9.17, 15) is 0 Å². The van der Waals surface area contributed by atoms with Crippen LogP contribution in [0.4, 0.5) is 0 Å². The molecule has 2 aromatic rings. The Balaban J connectivity index is 1.56. The van der Waals surface area contributed by atoms with E-state index in [1.165, 1.54) is 29.8 Å². The smallest absolute Gasteiger partial charge is 0.107 e. The summed E-state index contributed by atoms with van der Waals surface area (Å²) in [7, 11) is 4.38. The summed E-state index contributed by atoms with van der Waals surface area (Å²) in [6.45, 7) is 1.92. The highest BCUT2D eigenvalue weighted by Crippen LogP contribution is 2.35. The molecule has 0 bridgehead atoms. The van der Waals surface area contributed by atoms with Crippen molar-refractivity contribution in [3.8, 4) is 11.3 Å². The molecule has 0 aliphatic heterocycles. The van der Waals surface area contributed by atoms with Gasteiger partial charge in [-0.25, -0.2) is 4.98 Å². The lowest BCUT2D eigenvalue weighted by atomic mass is 9.75. The zero-order valence-electron chi connectivity index (χ0n) is 12.8. The van der Waals surface area contributed by atoms with Gasteiger partial charge in [-0.1, -0.05) is 30.3 Å². The van der Waals surface area contributed by atoms with Gasteiger partial charge in [-0.05, 0) is 33.4 Å². The molecule has 0 spiro atoms. The summed E-state index contributed by atoms with van der Waals surface area (Å²) in [4.78, 5) is 7.11. The van der Waals surface area contributed by atoms with Crippen LogP contribution in [0.1, 0.15) is 24.3 Å². The minimum atomic E-state index is 0.375. The van der Waals surface area contributed by atoms with Crippen LogP contribution in [0.2, 0.25) is 0 Å². The number of aromatic nitrogens is 1. The molecule has 3 nitrogen and oxygen atoms in total. The Morgan fingerprint density at radius 3 is 2.62 bits per heavy atom. The second-order valence-electron chi connectivity index (χ2n) is 6.07. The van der Waals surface area contributed by atoms with Gasteiger partial charge in [0.2, 0.25) is 0 Å². The zero-order chi connectivity index (χ0) is 14.7. The van der Waals surface area contributed by atoms with E-state index < -0.39 is 0 Å². The molecule has 0 saturated heterocycles. The van der Waals surface area contributed by atoms with Crippen molar-refractivity contribution in [2.75, 3.05) is 20.6 Å². The molecule has 1 fully saturated rings. The van der Waals surface area contributed by atoms with Gasteiger partial charge in [0.1, 0.15) is 5.01 Å². The predicted molar refractivity (Wildman–Crippen MR) is 89.5 cm³/mol. The zero-order valence-corrected chi connectivity index (χ0v) is 13.6. The van der Waals surface area contributed by atoms with Gasteiger partial charge in [0.15, 0.2) is 0 Å². The third-order valence-corrected chi connectivity index (χ3v) is 5.43. The normalized spacial score (nSPS) is 16.9. The molecule has 1 aliphatic rings. The number of nitrogens with zero attached hydrogens (tertiary/aromatic N) is 2. The standard InChI is InChI=1S/C17H23N3S/c1-20(2)17(9-6-10-17)13-18-11-16-19-15(12-21-16)14-7-4-3-5-8-14/h3-5,7-8,12,18H,6,9-11,13H2,1-2H3. The molecule has 1 aromatic carbocycles. The molecule has 0 radical (unpaired) electrons. The van der Waals surface area contributed by atoms with Gasteiger partial charge in [0, 0.05) is 29.6 Å². The third kappa shape index (κ3) is 3.18. The van der Waals surface area contributed by atoms with Crippen LogP contribution >= 0.6 is 11.3 Å². The quantitative estimate of drug-likeness (QED) is 0.886. The lowest BCUT2D eigenvalue weighted by molar-refractivity contribution is 0.0598. The summed E-state index contributed by atoms with van der Waals surface area (Å²) in [5.74, 6) is 0. The molecule has 1 aliphatic carbocycles. The summed E-state index contributed by atoms with van der Waals surface area (Å²) in [5, 5.41) is 6.92. The SMILES string of the molecule is CN(C)C1(CNCc2nc(-c3ccccc3)cs2)CCC1. The Morgan fingerprint density at radius 1 is 1.24 bits per heavy atom. The minimum Gasteiger partial charge on any atom is -0.309 e. The first-order valence-corrected chi connectivity index (χ1v) is 8.46. The number of benzene rings is 1. The summed E-state index contributed by atoms with van der Waals surface area (Å²) in [5.41, 5.74) is 2.66. The first-order valence-electron chi connectivity index (χ1n) is 7.58. The second kappa shape index (κ2) is 6.26. The van der Waals surface area contributed by atoms with Crippen molar-refractivity contribution in [2.45, 2.75) is 31.3 Å². The van der Waals surface area contributed by atoms with Crippen LogP contribution in [-0.2, 0) is 6.54 Å². The highest BCUT2D eigenvalue weighted by molar-refractivity contribution is 7.09. The van der Waals surface area contributed by atoms with Gasteiger partial charge in [-0.2, -0.15) is 0 Å². The molecule has 4 heteroatoms. The average molecular weight is 301 g/mol. The van der Waals surface area contributed by atoms with Gasteiger partial charge in [-0.15, -0.1) is 11.3 Å². The van der Waals surface area contributed by atoms with E-state index in [0.717, 1.165) is 18.8 Å². The Morgan fingerprint density at radius 2 is 2.00 bits per heavy atom. The second-order valence-corrected chi connectivity index (χ2v) is 7.01. The summed E-state index contributed by atoms with van der Waals surface area (Å²) in [6, 6.07) is 10.4. The highest BCUT2D eigenvalue weighted by atomic mass is 32.1. The molecule has 0 amide bonds. The van der Waals surface area contributed by atoms with E-state index in [-0.39, 0.29) is 0 Å². The highest BCUT2D eigenvalue weighted by Gasteiger charge is 2.38. The molecule has 3 rings (SSSR count). The predicted octanol–water partition coefficient (Wildman–Crippen LogP) is 3.38. The van der Waals surface area contributed by atoms with E-state index >= 15 is 0 Å². The van der Waals surface area contributed by atoms with Crippen molar-refractivity contribution >= 4 is 11.3 Å². The number of nitrogens with one attached hydrogen (secondary N) is 1. The van der Waals surface area contributed by atoms with Gasteiger partial charge in [0.05, 0.1) is 5.69 Å². The third-order valence-electron chi connectivity index (χ3n) is 4.58. The summed E-state index contributed by atoms with van der Waals surface area (Å²) < 4.78 is 0. The van der Waals surface area contributed by atoms with Crippen molar-refractivity contribution in [3.63, 3.8) is 0 Å². The molecule has 1 N–H and O–H groups in total. The van der Waals surface area contributed by atoms with Crippen LogP contribution in [0.25, 0.3) is 11.3 Å². The van der Waals surface area contributed by atoms with E-state index in [1.807, 2.05) is 6.07 Å². The van der Waals surface area contributed by atoms with Crippen LogP contribution in [0.15, 0.2) is 35.7 Å². The maximum Gasteiger partial charge on any atom is 0.107 e. The molecule has 21 heavy (non-hydrogen) atoms. The van der Waals surface area contributed by atoms with Crippen LogP contribution in [-0.4, -0.2) is 36.1 Å². The molecular weight excluding hydrogens is 278 g/mol. The van der Waals surface area contributed by atoms with Crippen molar-refractivity contribution in [1.82, 2.24) is 15.2 Å². The Hall–Kier alpha value is -1.23. The van der Waals surface area contributed by atoms with Gasteiger partial charge >= 0.3 is 0 Å². The van der Waals surface area contributed by atoms with Crippen LogP contribution in [0.5, 0.6) is 0 Å². The fraction of sp³-hybridized carbons (Fsp3) is 0.471. The first kappa shape index (κ1) is 14.7. The Kier molecular flexibility index (Phi) is 4.38. The Labute approximate surface area is 131 Å². The fourth-order valence-corrected chi connectivity index (χ4v) is 3.68. The van der Waals surface area contributed by atoms with Crippen molar-refractivity contribution in [2.24, 2.45) is 0 Å². The molecule has 112 valence electrons. The van der Waals surface area contributed by atoms with E-state index in [4.69, 9.17) is 4.98 Å². The number of rotatable bonds is 6. The van der Waals surface area contributed by atoms with Crippen molar-refractivity contribution in [1.29, 1.82) is 0 Å². The molecule has 0 atom stereocenters. The maximum atomic E-state index is 4.73. The van der Waals surface area contributed by atoms with Gasteiger partial charge in [0.25, 0.3) is 0 Å². The van der Waals surface area contributed by atoms with Crippen molar-refractivity contribution < 1.29 is 0 Å². The number of hydrogen-bond acceptors (Lipinski definition) is 4. The summed E-state index contributed by atoms with van der Waals surface area (Å²) in [6.07, 6.45) is 3.97. The van der Waals surface area contributed by atoms with Crippen LogP contribution in [0, 0.1) is 0 Å². The van der Waals surface area contributed by atoms with E-state index in [0.29, 0.717) is 5.54 Å². The number of hydrogen-bond donors (Lipinski definition) is 1. The average Bonchev–Trinajstić information content (AvgIpc) is 2.91. The Bertz CT molecular complexity index is 573. The maximum absolute atomic E-state index is 4.73. The minimum absolute atomic E-state index is 0.375. The van der Waals surface area contributed by atoms with Crippen molar-refractivity contribution in [3.05, 3.63) is 40.7 Å². The molecule has 0 unspecified atom stereocenters. The van der Waals surface area contributed by atoms with E-state index in [1.54, 1.807) is 11.3 Å². The molecular formula is C17H23N3S. The van der Waals surface area contributed by atoms with E-state index in [2.05, 4.69) is 54.0 Å². The van der Waals surface area contributed by atoms with Gasteiger partial charge < -0.3 is 10.2 Å².